The molecule has 2 aromatic carbocycles. The van der Waals surface area contributed by atoms with Crippen LogP contribution in [0.3, 0.4) is 0 Å². The van der Waals surface area contributed by atoms with Gasteiger partial charge < -0.3 is 15.4 Å². The van der Waals surface area contributed by atoms with E-state index in [4.69, 9.17) is 27.9 Å². The Kier molecular flexibility index (Phi) is 8.69. The number of carbonyl (C=O) groups excluding carboxylic acids is 2. The molecule has 14 heteroatoms. The Bertz CT molecular complexity index is 1630. The van der Waals surface area contributed by atoms with E-state index in [-0.39, 0.29) is 23.0 Å². The van der Waals surface area contributed by atoms with Gasteiger partial charge in [-0.2, -0.15) is 18.3 Å². The number of urea groups is 1. The van der Waals surface area contributed by atoms with Crippen LogP contribution in [0.5, 0.6) is 11.5 Å². The summed E-state index contributed by atoms with van der Waals surface area (Å²) >= 11 is 12.3. The fraction of sp³-hybridized carbons (Fsp3) is 0.214. The number of halogens is 5. The summed E-state index contributed by atoms with van der Waals surface area (Å²) in [6.45, 7) is 5.75. The van der Waals surface area contributed by atoms with Crippen molar-refractivity contribution in [2.45, 2.75) is 32.4 Å². The van der Waals surface area contributed by atoms with Crippen LogP contribution in [-0.2, 0) is 11.6 Å². The topological polar surface area (TPSA) is 110 Å². The minimum Gasteiger partial charge on any atom is -0.457 e. The van der Waals surface area contributed by atoms with Crippen molar-refractivity contribution in [2.75, 3.05) is 17.7 Å². The van der Waals surface area contributed by atoms with Gasteiger partial charge in [0, 0.05) is 40.8 Å². The molecule has 0 bridgehead atoms. The van der Waals surface area contributed by atoms with Gasteiger partial charge >= 0.3 is 12.2 Å². The lowest BCUT2D eigenvalue weighted by atomic mass is 9.92. The van der Waals surface area contributed by atoms with Gasteiger partial charge in [-0.3, -0.25) is 15.1 Å². The molecule has 220 valence electrons. The van der Waals surface area contributed by atoms with Gasteiger partial charge in [0.15, 0.2) is 0 Å². The lowest BCUT2D eigenvalue weighted by Gasteiger charge is -2.16. The highest BCUT2D eigenvalue weighted by molar-refractivity contribution is 6.34. The molecular formula is C28H25Cl2F3N6O3. The first-order valence-corrected chi connectivity index (χ1v) is 13.1. The molecular weight excluding hydrogens is 596 g/mol. The molecule has 0 aliphatic carbocycles. The van der Waals surface area contributed by atoms with Gasteiger partial charge in [0.2, 0.25) is 0 Å². The maximum Gasteiger partial charge on any atom is 0.418 e. The van der Waals surface area contributed by atoms with Crippen LogP contribution in [0, 0.1) is 0 Å². The molecule has 0 fully saturated rings. The number of rotatable bonds is 6. The number of carbonyl (C=O) groups is 2. The summed E-state index contributed by atoms with van der Waals surface area (Å²) in [6, 6.07) is 11.1. The van der Waals surface area contributed by atoms with E-state index in [0.29, 0.717) is 21.4 Å². The fourth-order valence-corrected chi connectivity index (χ4v) is 4.27. The zero-order valence-corrected chi connectivity index (χ0v) is 24.2. The van der Waals surface area contributed by atoms with Crippen molar-refractivity contribution in [2.24, 2.45) is 0 Å². The number of nitrogens with one attached hydrogen (secondary N) is 3. The Balaban J connectivity index is 1.62. The standard InChI is InChI=1S/C28H25Cl2F3N6O3/c1-27(2,3)23-14-24(39(38-23)17-10-15(29)9-16(30)11-17)37-26(41)36-21-6-5-18(12-20(21)28(31,32)33)42-19-7-8-35-22(13-19)25(40)34-4/h5-14H,1-4H3,(H,34,40)(H2,36,37,41). The van der Waals surface area contributed by atoms with E-state index in [0.717, 1.165) is 12.1 Å². The third-order valence-electron chi connectivity index (χ3n) is 5.78. The van der Waals surface area contributed by atoms with Crippen molar-refractivity contribution in [1.82, 2.24) is 20.1 Å². The predicted molar refractivity (Wildman–Crippen MR) is 154 cm³/mol. The molecule has 2 heterocycles. The van der Waals surface area contributed by atoms with E-state index in [9.17, 15) is 22.8 Å². The van der Waals surface area contributed by atoms with Gasteiger partial charge in [-0.25, -0.2) is 9.48 Å². The second-order valence-corrected chi connectivity index (χ2v) is 10.9. The first-order chi connectivity index (χ1) is 19.6. The quantitative estimate of drug-likeness (QED) is 0.205. The molecule has 42 heavy (non-hydrogen) atoms. The minimum absolute atomic E-state index is 0.0231. The molecule has 0 spiro atoms. The Labute approximate surface area is 249 Å². The van der Waals surface area contributed by atoms with Crippen LogP contribution in [0.1, 0.15) is 42.5 Å². The largest absolute Gasteiger partial charge is 0.457 e. The van der Waals surface area contributed by atoms with E-state index < -0.39 is 34.8 Å². The van der Waals surface area contributed by atoms with Crippen molar-refractivity contribution in [3.63, 3.8) is 0 Å². The van der Waals surface area contributed by atoms with Crippen LogP contribution in [-0.4, -0.2) is 33.8 Å². The number of anilines is 2. The number of ether oxygens (including phenoxy) is 1. The Morgan fingerprint density at radius 2 is 1.57 bits per heavy atom. The second kappa shape index (κ2) is 11.9. The van der Waals surface area contributed by atoms with Crippen LogP contribution in [0.25, 0.3) is 5.69 Å². The summed E-state index contributed by atoms with van der Waals surface area (Å²) < 4.78 is 49.0. The van der Waals surface area contributed by atoms with Crippen molar-refractivity contribution >= 4 is 46.6 Å². The molecule has 9 nitrogen and oxygen atoms in total. The van der Waals surface area contributed by atoms with E-state index in [2.05, 4.69) is 26.0 Å². The van der Waals surface area contributed by atoms with Crippen LogP contribution in [0.2, 0.25) is 10.0 Å². The number of hydrogen-bond acceptors (Lipinski definition) is 5. The molecule has 0 saturated carbocycles. The highest BCUT2D eigenvalue weighted by Crippen LogP contribution is 2.38. The monoisotopic (exact) mass is 620 g/mol. The predicted octanol–water partition coefficient (Wildman–Crippen LogP) is 7.69. The average Bonchev–Trinajstić information content (AvgIpc) is 3.32. The molecule has 0 aliphatic heterocycles. The lowest BCUT2D eigenvalue weighted by molar-refractivity contribution is -0.137. The third kappa shape index (κ3) is 7.31. The maximum absolute atomic E-state index is 14.0. The van der Waals surface area contributed by atoms with Crippen molar-refractivity contribution in [3.8, 4) is 17.2 Å². The first kappa shape index (κ1) is 30.7. The smallest absolute Gasteiger partial charge is 0.418 e. The average molecular weight is 621 g/mol. The minimum atomic E-state index is -4.84. The molecule has 0 aliphatic rings. The Hall–Kier alpha value is -4.29. The number of pyridine rings is 1. The molecule has 2 aromatic heterocycles. The summed E-state index contributed by atoms with van der Waals surface area (Å²) in [7, 11) is 1.42. The van der Waals surface area contributed by atoms with E-state index >= 15 is 0 Å². The molecule has 4 rings (SSSR count). The van der Waals surface area contributed by atoms with Crippen molar-refractivity contribution < 1.29 is 27.5 Å². The number of benzene rings is 2. The lowest BCUT2D eigenvalue weighted by Crippen LogP contribution is -2.23. The molecule has 0 unspecified atom stereocenters. The van der Waals surface area contributed by atoms with Gasteiger partial charge in [0.05, 0.1) is 22.6 Å². The summed E-state index contributed by atoms with van der Waals surface area (Å²) in [5, 5.41) is 12.4. The fourth-order valence-electron chi connectivity index (χ4n) is 3.76. The van der Waals surface area contributed by atoms with Crippen molar-refractivity contribution in [3.05, 3.63) is 87.8 Å². The zero-order valence-electron chi connectivity index (χ0n) is 22.7. The molecule has 0 saturated heterocycles. The number of amides is 3. The summed E-state index contributed by atoms with van der Waals surface area (Å²) in [4.78, 5) is 28.7. The van der Waals surface area contributed by atoms with Crippen LogP contribution < -0.4 is 20.7 Å². The van der Waals surface area contributed by atoms with E-state index in [1.165, 1.54) is 42.2 Å². The van der Waals surface area contributed by atoms with Crippen molar-refractivity contribution in [1.29, 1.82) is 0 Å². The molecule has 0 atom stereocenters. The van der Waals surface area contributed by atoms with Crippen LogP contribution in [0.4, 0.5) is 29.5 Å². The summed E-state index contributed by atoms with van der Waals surface area (Å²) in [5.74, 6) is -0.391. The highest BCUT2D eigenvalue weighted by atomic mass is 35.5. The third-order valence-corrected chi connectivity index (χ3v) is 6.22. The van der Waals surface area contributed by atoms with Crippen LogP contribution in [0.15, 0.2) is 60.8 Å². The molecule has 0 radical (unpaired) electrons. The Morgan fingerprint density at radius 3 is 2.19 bits per heavy atom. The number of nitrogens with zero attached hydrogens (tertiary/aromatic N) is 3. The first-order valence-electron chi connectivity index (χ1n) is 12.4. The summed E-state index contributed by atoms with van der Waals surface area (Å²) in [5.41, 5.74) is -1.03. The molecule has 4 aromatic rings. The number of hydrogen-bond donors (Lipinski definition) is 3. The SMILES string of the molecule is CNC(=O)c1cc(Oc2ccc(NC(=O)Nc3cc(C(C)(C)C)nn3-c3cc(Cl)cc(Cl)c3)c(C(F)(F)F)c2)ccn1. The number of aromatic nitrogens is 3. The highest BCUT2D eigenvalue weighted by Gasteiger charge is 2.35. The number of alkyl halides is 3. The van der Waals surface area contributed by atoms with Gasteiger partial charge in [0.1, 0.15) is 23.0 Å². The van der Waals surface area contributed by atoms with Gasteiger partial charge in [-0.05, 0) is 42.5 Å². The van der Waals surface area contributed by atoms with Gasteiger partial charge in [0.25, 0.3) is 5.91 Å². The van der Waals surface area contributed by atoms with Crippen LogP contribution >= 0.6 is 23.2 Å². The van der Waals surface area contributed by atoms with E-state index in [1.807, 2.05) is 20.8 Å². The Morgan fingerprint density at radius 1 is 0.905 bits per heavy atom. The second-order valence-electron chi connectivity index (χ2n) is 10.0. The molecule has 3 amide bonds. The van der Waals surface area contributed by atoms with E-state index in [1.54, 1.807) is 18.2 Å². The zero-order chi connectivity index (χ0) is 30.8. The van der Waals surface area contributed by atoms with Gasteiger partial charge in [-0.1, -0.05) is 44.0 Å². The molecule has 3 N–H and O–H groups in total. The normalized spacial score (nSPS) is 11.6. The maximum atomic E-state index is 14.0. The van der Waals surface area contributed by atoms with Gasteiger partial charge in [-0.15, -0.1) is 0 Å². The summed E-state index contributed by atoms with van der Waals surface area (Å²) in [6.07, 6.45) is -3.55.